The minimum Gasteiger partial charge on any atom is -0.328 e. The molecule has 0 aromatic rings. The molecule has 1 nitrogen and oxygen atoms in total. The SMILES string of the molecule is CCC.C[N+]1(C)CCC1. The second-order valence-electron chi connectivity index (χ2n) is 3.44. The highest BCUT2D eigenvalue weighted by Crippen LogP contribution is 2.10. The Bertz CT molecular complexity index is 61.0. The van der Waals surface area contributed by atoms with Crippen molar-refractivity contribution in [2.75, 3.05) is 27.2 Å². The van der Waals surface area contributed by atoms with Crippen LogP contribution in [-0.2, 0) is 0 Å². The molecule has 1 heterocycles. The van der Waals surface area contributed by atoms with Crippen molar-refractivity contribution in [3.8, 4) is 0 Å². The third-order valence-electron chi connectivity index (χ3n) is 1.53. The van der Waals surface area contributed by atoms with E-state index in [1.54, 1.807) is 0 Å². The molecule has 0 aromatic carbocycles. The van der Waals surface area contributed by atoms with E-state index in [4.69, 9.17) is 0 Å². The van der Waals surface area contributed by atoms with Crippen LogP contribution in [-0.4, -0.2) is 31.7 Å². The van der Waals surface area contributed by atoms with Gasteiger partial charge in [-0.25, -0.2) is 0 Å². The fraction of sp³-hybridized carbons (Fsp3) is 1.00. The van der Waals surface area contributed by atoms with Crippen molar-refractivity contribution in [3.63, 3.8) is 0 Å². The van der Waals surface area contributed by atoms with Crippen LogP contribution in [0.4, 0.5) is 0 Å². The minimum atomic E-state index is 1.25. The van der Waals surface area contributed by atoms with Crippen molar-refractivity contribution >= 4 is 0 Å². The van der Waals surface area contributed by atoms with Gasteiger partial charge in [0.05, 0.1) is 27.2 Å². The molecule has 0 bridgehead atoms. The molecule has 0 aliphatic carbocycles. The van der Waals surface area contributed by atoms with Crippen LogP contribution in [0.15, 0.2) is 0 Å². The summed E-state index contributed by atoms with van der Waals surface area (Å²) >= 11 is 0. The predicted molar refractivity (Wildman–Crippen MR) is 42.4 cm³/mol. The summed E-state index contributed by atoms with van der Waals surface area (Å²) in [6.07, 6.45) is 2.69. The van der Waals surface area contributed by atoms with Crippen molar-refractivity contribution < 1.29 is 4.48 Å². The van der Waals surface area contributed by atoms with Gasteiger partial charge in [-0.15, -0.1) is 0 Å². The number of quaternary nitrogens is 1. The number of likely N-dealkylation sites (tertiary alicyclic amines) is 1. The fourth-order valence-electron chi connectivity index (χ4n) is 0.791. The topological polar surface area (TPSA) is 0 Å². The quantitative estimate of drug-likeness (QED) is 0.439. The second kappa shape index (κ2) is 3.89. The molecular weight excluding hydrogens is 110 g/mol. The number of rotatable bonds is 0. The van der Waals surface area contributed by atoms with Gasteiger partial charge in [0.15, 0.2) is 0 Å². The lowest BCUT2D eigenvalue weighted by Gasteiger charge is -2.37. The maximum absolute atomic E-state index is 2.27. The predicted octanol–water partition coefficient (Wildman–Crippen LogP) is 1.88. The lowest BCUT2D eigenvalue weighted by atomic mass is 10.2. The van der Waals surface area contributed by atoms with Gasteiger partial charge in [0.25, 0.3) is 0 Å². The zero-order chi connectivity index (χ0) is 7.33. The Labute approximate surface area is 59.3 Å². The third kappa shape index (κ3) is 4.46. The average Bonchev–Trinajstić information content (AvgIpc) is 1.65. The molecule has 0 N–H and O–H groups in total. The lowest BCUT2D eigenvalue weighted by molar-refractivity contribution is -0.927. The smallest absolute Gasteiger partial charge is 0.0836 e. The summed E-state index contributed by atoms with van der Waals surface area (Å²) in [5, 5.41) is 0. The fourth-order valence-corrected chi connectivity index (χ4v) is 0.791. The van der Waals surface area contributed by atoms with Crippen LogP contribution >= 0.6 is 0 Å². The largest absolute Gasteiger partial charge is 0.328 e. The van der Waals surface area contributed by atoms with Gasteiger partial charge in [-0.1, -0.05) is 20.3 Å². The Kier molecular flexibility index (Phi) is 3.87. The van der Waals surface area contributed by atoms with Crippen LogP contribution < -0.4 is 0 Å². The molecule has 1 saturated heterocycles. The summed E-state index contributed by atoms with van der Waals surface area (Å²) in [5.74, 6) is 0. The average molecular weight is 130 g/mol. The van der Waals surface area contributed by atoms with E-state index >= 15 is 0 Å². The molecule has 0 spiro atoms. The first-order valence-corrected chi connectivity index (χ1v) is 3.94. The number of hydrogen-bond donors (Lipinski definition) is 0. The monoisotopic (exact) mass is 130 g/mol. The molecule has 0 unspecified atom stereocenters. The Morgan fingerprint density at radius 1 is 1.11 bits per heavy atom. The van der Waals surface area contributed by atoms with E-state index in [0.717, 1.165) is 0 Å². The van der Waals surface area contributed by atoms with Crippen molar-refractivity contribution in [1.29, 1.82) is 0 Å². The number of hydrogen-bond acceptors (Lipinski definition) is 0. The molecule has 0 radical (unpaired) electrons. The molecule has 56 valence electrons. The molecule has 1 fully saturated rings. The first-order valence-electron chi connectivity index (χ1n) is 3.94. The minimum absolute atomic E-state index is 1.25. The Balaban J connectivity index is 0.000000187. The lowest BCUT2D eigenvalue weighted by Crippen LogP contribution is -2.50. The highest BCUT2D eigenvalue weighted by Gasteiger charge is 2.23. The van der Waals surface area contributed by atoms with E-state index in [1.165, 1.54) is 30.4 Å². The van der Waals surface area contributed by atoms with Gasteiger partial charge in [0.2, 0.25) is 0 Å². The van der Waals surface area contributed by atoms with Crippen LogP contribution in [0, 0.1) is 0 Å². The standard InChI is InChI=1S/C5H12N.C3H8/c1-6(2)4-3-5-6;1-3-2/h3-5H2,1-2H3;3H2,1-2H3/q+1;. The zero-order valence-corrected chi connectivity index (χ0v) is 7.28. The molecule has 1 rings (SSSR count). The van der Waals surface area contributed by atoms with Crippen LogP contribution in [0.2, 0.25) is 0 Å². The molecule has 0 aromatic heterocycles. The highest BCUT2D eigenvalue weighted by molar-refractivity contribution is 4.45. The van der Waals surface area contributed by atoms with Gasteiger partial charge in [-0.2, -0.15) is 0 Å². The van der Waals surface area contributed by atoms with Crippen LogP contribution in [0.3, 0.4) is 0 Å². The molecule has 0 saturated carbocycles. The first-order chi connectivity index (χ1) is 4.12. The third-order valence-corrected chi connectivity index (χ3v) is 1.53. The van der Waals surface area contributed by atoms with E-state index in [2.05, 4.69) is 27.9 Å². The molecular formula is C8H20N+. The summed E-state index contributed by atoms with van der Waals surface area (Å²) in [5.41, 5.74) is 0. The van der Waals surface area contributed by atoms with Crippen molar-refractivity contribution in [2.45, 2.75) is 26.7 Å². The van der Waals surface area contributed by atoms with Crippen LogP contribution in [0.1, 0.15) is 26.7 Å². The second-order valence-corrected chi connectivity index (χ2v) is 3.44. The van der Waals surface area contributed by atoms with Gasteiger partial charge in [-0.05, 0) is 0 Å². The van der Waals surface area contributed by atoms with E-state index in [-0.39, 0.29) is 0 Å². The Hall–Kier alpha value is -0.0400. The van der Waals surface area contributed by atoms with Crippen molar-refractivity contribution in [2.24, 2.45) is 0 Å². The molecule has 1 aliphatic rings. The molecule has 1 aliphatic heterocycles. The van der Waals surface area contributed by atoms with Gasteiger partial charge in [0, 0.05) is 6.42 Å². The van der Waals surface area contributed by atoms with Crippen molar-refractivity contribution in [3.05, 3.63) is 0 Å². The van der Waals surface area contributed by atoms with Crippen LogP contribution in [0.5, 0.6) is 0 Å². The maximum Gasteiger partial charge on any atom is 0.0836 e. The molecule has 0 atom stereocenters. The van der Waals surface area contributed by atoms with E-state index in [1.807, 2.05) is 0 Å². The zero-order valence-electron chi connectivity index (χ0n) is 7.28. The molecule has 9 heavy (non-hydrogen) atoms. The van der Waals surface area contributed by atoms with Crippen molar-refractivity contribution in [1.82, 2.24) is 0 Å². The summed E-state index contributed by atoms with van der Waals surface area (Å²) in [4.78, 5) is 0. The van der Waals surface area contributed by atoms with E-state index in [0.29, 0.717) is 0 Å². The van der Waals surface area contributed by atoms with Gasteiger partial charge in [0.1, 0.15) is 0 Å². The summed E-state index contributed by atoms with van der Waals surface area (Å²) < 4.78 is 1.25. The highest BCUT2D eigenvalue weighted by atomic mass is 15.3. The summed E-state index contributed by atoms with van der Waals surface area (Å²) in [7, 11) is 4.53. The van der Waals surface area contributed by atoms with Gasteiger partial charge >= 0.3 is 0 Å². The molecule has 1 heteroatoms. The Morgan fingerprint density at radius 2 is 1.33 bits per heavy atom. The Morgan fingerprint density at radius 3 is 1.33 bits per heavy atom. The molecule has 0 amide bonds. The number of nitrogens with zero attached hydrogens (tertiary/aromatic N) is 1. The van der Waals surface area contributed by atoms with Gasteiger partial charge in [-0.3, -0.25) is 0 Å². The normalized spacial score (nSPS) is 21.3. The summed E-state index contributed by atoms with van der Waals surface area (Å²) in [6, 6.07) is 0. The van der Waals surface area contributed by atoms with E-state index in [9.17, 15) is 0 Å². The first kappa shape index (κ1) is 8.96. The van der Waals surface area contributed by atoms with E-state index < -0.39 is 0 Å². The van der Waals surface area contributed by atoms with Gasteiger partial charge < -0.3 is 4.48 Å². The van der Waals surface area contributed by atoms with Crippen LogP contribution in [0.25, 0.3) is 0 Å². The summed E-state index contributed by atoms with van der Waals surface area (Å²) in [6.45, 7) is 7.03. The maximum atomic E-state index is 2.27.